The smallest absolute Gasteiger partial charge is 0.328 e. The highest BCUT2D eigenvalue weighted by Gasteiger charge is 2.15. The number of carbonyl (C=O) groups is 1. The topological polar surface area (TPSA) is 65.0 Å². The van der Waals surface area contributed by atoms with Crippen molar-refractivity contribution in [2.24, 2.45) is 0 Å². The molecule has 0 aliphatic carbocycles. The molecule has 0 fully saturated rings. The van der Waals surface area contributed by atoms with Gasteiger partial charge in [0, 0.05) is 6.08 Å². The summed E-state index contributed by atoms with van der Waals surface area (Å²) in [5.74, 6) is 0.752. The van der Waals surface area contributed by atoms with Crippen LogP contribution < -0.4 is 14.2 Å². The van der Waals surface area contributed by atoms with Gasteiger partial charge in [0.05, 0.1) is 19.8 Å². The summed E-state index contributed by atoms with van der Waals surface area (Å²) in [6.07, 6.45) is 5.22. The molecule has 0 heterocycles. The highest BCUT2D eigenvalue weighted by atomic mass is 16.5. The van der Waals surface area contributed by atoms with E-state index in [1.54, 1.807) is 12.1 Å². The summed E-state index contributed by atoms with van der Waals surface area (Å²) >= 11 is 0. The number of hydrogen-bond donors (Lipinski definition) is 1. The third-order valence-corrected chi connectivity index (χ3v) is 2.84. The van der Waals surface area contributed by atoms with Crippen molar-refractivity contribution in [1.29, 1.82) is 0 Å². The molecule has 0 bridgehead atoms. The lowest BCUT2D eigenvalue weighted by Crippen LogP contribution is -2.05. The van der Waals surface area contributed by atoms with Gasteiger partial charge in [-0.15, -0.1) is 0 Å². The molecule has 0 saturated carbocycles. The number of aliphatic carboxylic acids is 1. The van der Waals surface area contributed by atoms with Gasteiger partial charge < -0.3 is 19.3 Å². The standard InChI is InChI=1S/C18H26O5/c1-4-9-21-15-12-14(7-8-17(19)20)13-16(22-10-5-2)18(15)23-11-6-3/h7-8,12-13H,4-6,9-11H2,1-3H3,(H,19,20)/b8-7+. The lowest BCUT2D eigenvalue weighted by atomic mass is 10.1. The van der Waals surface area contributed by atoms with Gasteiger partial charge in [-0.1, -0.05) is 20.8 Å². The maximum Gasteiger partial charge on any atom is 0.328 e. The van der Waals surface area contributed by atoms with Gasteiger partial charge in [-0.3, -0.25) is 0 Å². The van der Waals surface area contributed by atoms with Crippen molar-refractivity contribution < 1.29 is 24.1 Å². The van der Waals surface area contributed by atoms with Crippen molar-refractivity contribution in [2.45, 2.75) is 40.0 Å². The first-order chi connectivity index (χ1) is 11.1. The summed E-state index contributed by atoms with van der Waals surface area (Å²) in [5.41, 5.74) is 0.702. The molecule has 1 aromatic carbocycles. The van der Waals surface area contributed by atoms with Crippen LogP contribution in [0.25, 0.3) is 6.08 Å². The Hall–Kier alpha value is -2.17. The predicted octanol–water partition coefficient (Wildman–Crippen LogP) is 4.15. The van der Waals surface area contributed by atoms with E-state index >= 15 is 0 Å². The molecule has 0 aromatic heterocycles. The molecule has 5 nitrogen and oxygen atoms in total. The van der Waals surface area contributed by atoms with Gasteiger partial charge >= 0.3 is 5.97 Å². The minimum Gasteiger partial charge on any atom is -0.490 e. The van der Waals surface area contributed by atoms with E-state index in [0.29, 0.717) is 42.6 Å². The fourth-order valence-corrected chi connectivity index (χ4v) is 1.85. The lowest BCUT2D eigenvalue weighted by Gasteiger charge is -2.17. The van der Waals surface area contributed by atoms with Crippen LogP contribution in [0.1, 0.15) is 45.6 Å². The van der Waals surface area contributed by atoms with Crippen LogP contribution in [0.3, 0.4) is 0 Å². The number of hydrogen-bond acceptors (Lipinski definition) is 4. The van der Waals surface area contributed by atoms with Gasteiger partial charge in [0.15, 0.2) is 11.5 Å². The number of benzene rings is 1. The number of ether oxygens (including phenoxy) is 3. The van der Waals surface area contributed by atoms with Crippen LogP contribution in [0, 0.1) is 0 Å². The normalized spacial score (nSPS) is 10.7. The molecule has 23 heavy (non-hydrogen) atoms. The minimum absolute atomic E-state index is 0.557. The first-order valence-electron chi connectivity index (χ1n) is 8.09. The molecule has 0 aliphatic heterocycles. The van der Waals surface area contributed by atoms with Crippen molar-refractivity contribution in [3.05, 3.63) is 23.8 Å². The van der Waals surface area contributed by atoms with Gasteiger partial charge in [-0.05, 0) is 43.0 Å². The van der Waals surface area contributed by atoms with Gasteiger partial charge in [-0.2, -0.15) is 0 Å². The van der Waals surface area contributed by atoms with E-state index in [1.165, 1.54) is 6.08 Å². The molecule has 0 saturated heterocycles. The van der Waals surface area contributed by atoms with Crippen LogP contribution >= 0.6 is 0 Å². The average molecular weight is 322 g/mol. The summed E-state index contributed by atoms with van der Waals surface area (Å²) in [6.45, 7) is 7.76. The van der Waals surface area contributed by atoms with E-state index in [2.05, 4.69) is 0 Å². The van der Waals surface area contributed by atoms with Crippen molar-refractivity contribution in [2.75, 3.05) is 19.8 Å². The van der Waals surface area contributed by atoms with Gasteiger partial charge in [0.2, 0.25) is 5.75 Å². The zero-order valence-corrected chi connectivity index (χ0v) is 14.1. The van der Waals surface area contributed by atoms with Crippen molar-refractivity contribution in [1.82, 2.24) is 0 Å². The average Bonchev–Trinajstić information content (AvgIpc) is 2.54. The monoisotopic (exact) mass is 322 g/mol. The quantitative estimate of drug-likeness (QED) is 0.620. The fourth-order valence-electron chi connectivity index (χ4n) is 1.85. The maximum absolute atomic E-state index is 10.7. The highest BCUT2D eigenvalue weighted by Crippen LogP contribution is 2.39. The third-order valence-electron chi connectivity index (χ3n) is 2.84. The molecule has 0 radical (unpaired) electrons. The van der Waals surface area contributed by atoms with Crippen LogP contribution in [0.2, 0.25) is 0 Å². The Bertz CT molecular complexity index is 493. The SMILES string of the molecule is CCCOc1cc(/C=C/C(=O)O)cc(OCCC)c1OCCC. The molecule has 0 aliphatic rings. The molecule has 0 spiro atoms. The maximum atomic E-state index is 10.7. The molecule has 1 N–H and O–H groups in total. The van der Waals surface area contributed by atoms with E-state index in [-0.39, 0.29) is 0 Å². The fraction of sp³-hybridized carbons (Fsp3) is 0.500. The van der Waals surface area contributed by atoms with Crippen LogP contribution in [0.5, 0.6) is 17.2 Å². The predicted molar refractivity (Wildman–Crippen MR) is 90.5 cm³/mol. The van der Waals surface area contributed by atoms with Crippen LogP contribution in [0.4, 0.5) is 0 Å². The number of rotatable bonds is 11. The first kappa shape index (κ1) is 18.9. The van der Waals surface area contributed by atoms with E-state index in [4.69, 9.17) is 19.3 Å². The van der Waals surface area contributed by atoms with Gasteiger partial charge in [0.1, 0.15) is 0 Å². The molecule has 5 heteroatoms. The van der Waals surface area contributed by atoms with Crippen LogP contribution in [-0.4, -0.2) is 30.9 Å². The number of carboxylic acid groups (broad SMARTS) is 1. The summed E-state index contributed by atoms with van der Waals surface area (Å²) in [7, 11) is 0. The molecule has 1 aromatic rings. The molecule has 0 amide bonds. The third kappa shape index (κ3) is 6.63. The van der Waals surface area contributed by atoms with Crippen molar-refractivity contribution >= 4 is 12.0 Å². The Morgan fingerprint density at radius 1 is 0.957 bits per heavy atom. The molecular formula is C18H26O5. The second kappa shape index (κ2) is 10.5. The number of carboxylic acids is 1. The van der Waals surface area contributed by atoms with Crippen molar-refractivity contribution in [3.8, 4) is 17.2 Å². The zero-order valence-electron chi connectivity index (χ0n) is 14.1. The summed E-state index contributed by atoms with van der Waals surface area (Å²) in [6, 6.07) is 3.55. The minimum atomic E-state index is -0.997. The molecule has 128 valence electrons. The summed E-state index contributed by atoms with van der Waals surface area (Å²) < 4.78 is 17.3. The molecule has 0 atom stereocenters. The van der Waals surface area contributed by atoms with Crippen molar-refractivity contribution in [3.63, 3.8) is 0 Å². The first-order valence-corrected chi connectivity index (χ1v) is 8.09. The second-order valence-corrected chi connectivity index (χ2v) is 5.06. The van der Waals surface area contributed by atoms with Crippen LogP contribution in [-0.2, 0) is 4.79 Å². The zero-order chi connectivity index (χ0) is 17.1. The van der Waals surface area contributed by atoms with Gasteiger partial charge in [0.25, 0.3) is 0 Å². The second-order valence-electron chi connectivity index (χ2n) is 5.06. The molecular weight excluding hydrogens is 296 g/mol. The largest absolute Gasteiger partial charge is 0.490 e. The Labute approximate surface area is 137 Å². The van der Waals surface area contributed by atoms with E-state index in [0.717, 1.165) is 25.3 Å². The van der Waals surface area contributed by atoms with E-state index in [9.17, 15) is 4.79 Å². The molecule has 1 rings (SSSR count). The van der Waals surface area contributed by atoms with E-state index < -0.39 is 5.97 Å². The van der Waals surface area contributed by atoms with E-state index in [1.807, 2.05) is 20.8 Å². The van der Waals surface area contributed by atoms with Gasteiger partial charge in [-0.25, -0.2) is 4.79 Å². The molecule has 0 unspecified atom stereocenters. The Morgan fingerprint density at radius 2 is 1.43 bits per heavy atom. The Balaban J connectivity index is 3.21. The Kier molecular flexibility index (Phi) is 8.65. The van der Waals surface area contributed by atoms with Crippen LogP contribution in [0.15, 0.2) is 18.2 Å². The lowest BCUT2D eigenvalue weighted by molar-refractivity contribution is -0.131. The summed E-state index contributed by atoms with van der Waals surface area (Å²) in [4.78, 5) is 10.7. The Morgan fingerprint density at radius 3 is 1.87 bits per heavy atom. The highest BCUT2D eigenvalue weighted by molar-refractivity contribution is 5.85. The summed E-state index contributed by atoms with van der Waals surface area (Å²) in [5, 5.41) is 8.79.